The minimum absolute atomic E-state index is 0.531. The number of thiocarbonyl (C=S) groups is 1. The van der Waals surface area contributed by atoms with Crippen LogP contribution in [-0.2, 0) is 0 Å². The van der Waals surface area contributed by atoms with Crippen LogP contribution in [0.25, 0.3) is 0 Å². The second-order valence-corrected chi connectivity index (χ2v) is 3.59. The molecule has 0 spiro atoms. The molecule has 1 aliphatic rings. The van der Waals surface area contributed by atoms with Crippen molar-refractivity contribution >= 4 is 17.3 Å². The monoisotopic (exact) mass is 182 g/mol. The SMILES string of the molecule is C#CCNC(=S)N1CCC(C)C1. The van der Waals surface area contributed by atoms with Crippen LogP contribution in [0.5, 0.6) is 0 Å². The third-order valence-electron chi connectivity index (χ3n) is 2.05. The Kier molecular flexibility index (Phi) is 3.36. The molecule has 0 aromatic rings. The standard InChI is InChI=1S/C9H14N2S/c1-3-5-10-9(12)11-6-4-8(2)7-11/h1,8H,4-7H2,2H3,(H,10,12). The average Bonchev–Trinajstić information content (AvgIpc) is 2.47. The lowest BCUT2D eigenvalue weighted by atomic mass is 10.2. The topological polar surface area (TPSA) is 15.3 Å². The molecule has 66 valence electrons. The van der Waals surface area contributed by atoms with Crippen molar-refractivity contribution < 1.29 is 0 Å². The zero-order valence-corrected chi connectivity index (χ0v) is 8.16. The van der Waals surface area contributed by atoms with E-state index in [2.05, 4.69) is 23.1 Å². The molecule has 1 aliphatic heterocycles. The summed E-state index contributed by atoms with van der Waals surface area (Å²) in [5.74, 6) is 3.27. The zero-order valence-electron chi connectivity index (χ0n) is 7.34. The van der Waals surface area contributed by atoms with Gasteiger partial charge in [0.15, 0.2) is 5.11 Å². The number of rotatable bonds is 1. The molecule has 0 aromatic carbocycles. The molecule has 1 N–H and O–H groups in total. The van der Waals surface area contributed by atoms with Crippen LogP contribution in [-0.4, -0.2) is 29.6 Å². The predicted molar refractivity (Wildman–Crippen MR) is 54.8 cm³/mol. The van der Waals surface area contributed by atoms with E-state index >= 15 is 0 Å². The summed E-state index contributed by atoms with van der Waals surface area (Å²) in [6.07, 6.45) is 6.35. The van der Waals surface area contributed by atoms with Gasteiger partial charge in [0.05, 0.1) is 6.54 Å². The summed E-state index contributed by atoms with van der Waals surface area (Å²) < 4.78 is 0. The largest absolute Gasteiger partial charge is 0.352 e. The van der Waals surface area contributed by atoms with Crippen LogP contribution in [0.2, 0.25) is 0 Å². The van der Waals surface area contributed by atoms with Gasteiger partial charge in [-0.25, -0.2) is 0 Å². The van der Waals surface area contributed by atoms with Gasteiger partial charge in [-0.2, -0.15) is 0 Å². The molecule has 0 aromatic heterocycles. The molecule has 0 radical (unpaired) electrons. The lowest BCUT2D eigenvalue weighted by Crippen LogP contribution is -2.38. The third kappa shape index (κ3) is 2.38. The van der Waals surface area contributed by atoms with Gasteiger partial charge in [0.1, 0.15) is 0 Å². The number of nitrogens with zero attached hydrogens (tertiary/aromatic N) is 1. The fourth-order valence-corrected chi connectivity index (χ4v) is 1.60. The maximum absolute atomic E-state index is 5.15. The van der Waals surface area contributed by atoms with Gasteiger partial charge in [-0.1, -0.05) is 12.8 Å². The maximum atomic E-state index is 5.15. The van der Waals surface area contributed by atoms with Crippen molar-refractivity contribution in [3.8, 4) is 12.3 Å². The normalized spacial score (nSPS) is 22.0. The van der Waals surface area contributed by atoms with Gasteiger partial charge in [0, 0.05) is 13.1 Å². The lowest BCUT2D eigenvalue weighted by Gasteiger charge is -2.18. The Labute approximate surface area is 79.3 Å². The van der Waals surface area contributed by atoms with E-state index in [1.54, 1.807) is 0 Å². The van der Waals surface area contributed by atoms with Crippen molar-refractivity contribution in [2.45, 2.75) is 13.3 Å². The molecule has 0 aliphatic carbocycles. The molecule has 1 unspecified atom stereocenters. The van der Waals surface area contributed by atoms with Crippen molar-refractivity contribution in [1.82, 2.24) is 10.2 Å². The van der Waals surface area contributed by atoms with Gasteiger partial charge in [0.2, 0.25) is 0 Å². The second-order valence-electron chi connectivity index (χ2n) is 3.20. The molecule has 2 nitrogen and oxygen atoms in total. The van der Waals surface area contributed by atoms with E-state index in [4.69, 9.17) is 18.6 Å². The first-order valence-corrected chi connectivity index (χ1v) is 4.61. The first kappa shape index (κ1) is 9.34. The second kappa shape index (κ2) is 4.32. The van der Waals surface area contributed by atoms with E-state index in [1.165, 1.54) is 6.42 Å². The molecule has 0 bridgehead atoms. The summed E-state index contributed by atoms with van der Waals surface area (Å²) >= 11 is 5.15. The number of nitrogens with one attached hydrogen (secondary N) is 1. The minimum atomic E-state index is 0.531. The first-order chi connectivity index (χ1) is 5.74. The van der Waals surface area contributed by atoms with Crippen LogP contribution >= 0.6 is 12.2 Å². The van der Waals surface area contributed by atoms with Crippen LogP contribution in [0.15, 0.2) is 0 Å². The summed E-state index contributed by atoms with van der Waals surface area (Å²) in [4.78, 5) is 2.18. The molecule has 1 rings (SSSR count). The van der Waals surface area contributed by atoms with Crippen LogP contribution in [0.1, 0.15) is 13.3 Å². The van der Waals surface area contributed by atoms with Gasteiger partial charge in [-0.05, 0) is 24.6 Å². The highest BCUT2D eigenvalue weighted by Crippen LogP contribution is 2.14. The Morgan fingerprint density at radius 3 is 3.08 bits per heavy atom. The Morgan fingerprint density at radius 1 is 1.83 bits per heavy atom. The number of likely N-dealkylation sites (tertiary alicyclic amines) is 1. The van der Waals surface area contributed by atoms with Gasteiger partial charge in [-0.3, -0.25) is 0 Å². The van der Waals surface area contributed by atoms with E-state index < -0.39 is 0 Å². The fraction of sp³-hybridized carbons (Fsp3) is 0.667. The summed E-state index contributed by atoms with van der Waals surface area (Å²) in [7, 11) is 0. The third-order valence-corrected chi connectivity index (χ3v) is 2.46. The van der Waals surface area contributed by atoms with Crippen LogP contribution in [0.3, 0.4) is 0 Å². The van der Waals surface area contributed by atoms with Crippen molar-refractivity contribution in [2.24, 2.45) is 5.92 Å². The highest BCUT2D eigenvalue weighted by Gasteiger charge is 2.19. The summed E-state index contributed by atoms with van der Waals surface area (Å²) in [5.41, 5.74) is 0. The van der Waals surface area contributed by atoms with E-state index in [-0.39, 0.29) is 0 Å². The molecular formula is C9H14N2S. The van der Waals surface area contributed by atoms with Crippen molar-refractivity contribution in [1.29, 1.82) is 0 Å². The first-order valence-electron chi connectivity index (χ1n) is 4.20. The van der Waals surface area contributed by atoms with E-state index in [0.29, 0.717) is 6.54 Å². The average molecular weight is 182 g/mol. The molecule has 12 heavy (non-hydrogen) atoms. The fourth-order valence-electron chi connectivity index (χ4n) is 1.36. The maximum Gasteiger partial charge on any atom is 0.169 e. The van der Waals surface area contributed by atoms with Crippen molar-refractivity contribution in [3.05, 3.63) is 0 Å². The number of hydrogen-bond donors (Lipinski definition) is 1. The Morgan fingerprint density at radius 2 is 2.58 bits per heavy atom. The van der Waals surface area contributed by atoms with E-state index in [0.717, 1.165) is 24.1 Å². The molecular weight excluding hydrogens is 168 g/mol. The van der Waals surface area contributed by atoms with Crippen molar-refractivity contribution in [3.63, 3.8) is 0 Å². The lowest BCUT2D eigenvalue weighted by molar-refractivity contribution is 0.487. The molecule has 1 fully saturated rings. The molecule has 0 amide bonds. The number of terminal acetylenes is 1. The van der Waals surface area contributed by atoms with E-state index in [9.17, 15) is 0 Å². The highest BCUT2D eigenvalue weighted by molar-refractivity contribution is 7.80. The van der Waals surface area contributed by atoms with Gasteiger partial charge in [0.25, 0.3) is 0 Å². The Hall–Kier alpha value is -0.750. The zero-order chi connectivity index (χ0) is 8.97. The summed E-state index contributed by atoms with van der Waals surface area (Å²) in [5, 5.41) is 3.82. The Bertz CT molecular complexity index is 207. The van der Waals surface area contributed by atoms with Gasteiger partial charge in [-0.15, -0.1) is 6.42 Å². The molecule has 0 saturated carbocycles. The quantitative estimate of drug-likeness (QED) is 0.478. The molecule has 3 heteroatoms. The molecule has 1 heterocycles. The van der Waals surface area contributed by atoms with E-state index in [1.807, 2.05) is 0 Å². The Balaban J connectivity index is 2.29. The molecule has 1 saturated heterocycles. The summed E-state index contributed by atoms with van der Waals surface area (Å²) in [6, 6.07) is 0. The molecule has 1 atom stereocenters. The van der Waals surface area contributed by atoms with Crippen LogP contribution < -0.4 is 5.32 Å². The van der Waals surface area contributed by atoms with Crippen LogP contribution in [0.4, 0.5) is 0 Å². The smallest absolute Gasteiger partial charge is 0.169 e. The minimum Gasteiger partial charge on any atom is -0.352 e. The van der Waals surface area contributed by atoms with Gasteiger partial charge >= 0.3 is 0 Å². The highest BCUT2D eigenvalue weighted by atomic mass is 32.1. The van der Waals surface area contributed by atoms with Crippen molar-refractivity contribution in [2.75, 3.05) is 19.6 Å². The predicted octanol–water partition coefficient (Wildman–Crippen LogP) is 0.836. The van der Waals surface area contributed by atoms with Gasteiger partial charge < -0.3 is 10.2 Å². The summed E-state index contributed by atoms with van der Waals surface area (Å²) in [6.45, 7) is 4.90. The van der Waals surface area contributed by atoms with Crippen LogP contribution in [0, 0.1) is 18.3 Å². The number of hydrogen-bond acceptors (Lipinski definition) is 1.